The van der Waals surface area contributed by atoms with Crippen molar-refractivity contribution in [3.63, 3.8) is 0 Å². The van der Waals surface area contributed by atoms with Crippen LogP contribution < -0.4 is 0 Å². The van der Waals surface area contributed by atoms with Crippen LogP contribution in [0.15, 0.2) is 314 Å². The number of aromatic nitrogens is 3. The standard InChI is InChI=1S/3C14H14.3C8H10.3C7H9N.C6H8O.C6H8S.C6H8Se/c1-11-3-7-13(8-4-11)14-9-5-12(2)6-10-14;1-11-5-3-7-13(9-11)14-8-4-6-12(2)10-14;1-11-6-8-13(9-7-11)14-5-3-4-12(2)10-14;1-7-3-5-8(2)6-4-7;1-7-4-3-5-8(2)6-7;1-7-5-3-4-6-8(7)2;1-6-3-4-8-7(2)5-6;1-6-3-4-7(2)8-5-6;1-6-4-3-5-7(2)8-6;3*1-5-3-4-6(2)7-5/h3*3-10H,1-2H3;3*3-6H,1-2H3;3*3-5H,1-2H3;3*3-4H,1-2H3. The topological polar surface area (TPSA) is 51.8 Å². The van der Waals surface area contributed by atoms with Crippen molar-refractivity contribution >= 4 is 25.8 Å². The van der Waals surface area contributed by atoms with Gasteiger partial charge in [-0.05, 0) is 263 Å². The summed E-state index contributed by atoms with van der Waals surface area (Å²) >= 11 is 2.55. The van der Waals surface area contributed by atoms with E-state index in [1.54, 1.807) is 8.87 Å². The molecule has 15 aromatic rings. The molecule has 0 saturated carbocycles. The van der Waals surface area contributed by atoms with Gasteiger partial charge >= 0.3 is 49.4 Å². The van der Waals surface area contributed by atoms with E-state index in [-0.39, 0.29) is 0 Å². The zero-order valence-corrected chi connectivity index (χ0v) is 73.5. The molecule has 15 rings (SSSR count). The molecule has 0 fully saturated rings. The second-order valence-corrected chi connectivity index (χ2v) is 33.1. The quantitative estimate of drug-likeness (QED) is 0.165. The van der Waals surface area contributed by atoms with Crippen molar-refractivity contribution in [1.29, 1.82) is 0 Å². The van der Waals surface area contributed by atoms with Crippen LogP contribution in [-0.4, -0.2) is 29.5 Å². The van der Waals surface area contributed by atoms with Gasteiger partial charge in [-0.1, -0.05) is 286 Å². The van der Waals surface area contributed by atoms with E-state index in [1.165, 1.54) is 121 Å². The molecule has 0 amide bonds. The summed E-state index contributed by atoms with van der Waals surface area (Å²) in [6.07, 6.45) is 3.69. The van der Waals surface area contributed by atoms with Crippen LogP contribution in [0.3, 0.4) is 0 Å². The van der Waals surface area contributed by atoms with Gasteiger partial charge in [-0.2, -0.15) is 0 Å². The monoisotopic (exact) mass is 1550 g/mol. The molecule has 0 aliphatic rings. The van der Waals surface area contributed by atoms with Gasteiger partial charge in [0.25, 0.3) is 0 Å². The SMILES string of the molecule is Cc1ccc(-c2ccc(C)cc2)cc1.Cc1ccc(-c2cccc(C)c2)cc1.Cc1ccc(C)[se]1.Cc1ccc(C)cc1.Cc1ccc(C)nc1.Cc1ccc(C)o1.Cc1ccc(C)s1.Cc1cccc(-c2cccc(C)c2)c1.Cc1cccc(C)c1.Cc1cccc(C)n1.Cc1ccccc1C.Cc1ccnc(C)c1. The Morgan fingerprint density at radius 2 is 0.550 bits per heavy atom. The number of rotatable bonds is 3. The zero-order valence-electron chi connectivity index (χ0n) is 71.0. The van der Waals surface area contributed by atoms with Gasteiger partial charge in [0, 0.05) is 44.9 Å². The van der Waals surface area contributed by atoms with E-state index in [4.69, 9.17) is 4.42 Å². The van der Waals surface area contributed by atoms with Gasteiger partial charge in [0.1, 0.15) is 11.5 Å². The van der Waals surface area contributed by atoms with Crippen LogP contribution in [0.5, 0.6) is 0 Å². The number of furan rings is 1. The summed E-state index contributed by atoms with van der Waals surface area (Å²) in [5, 5.41) is 0. The maximum atomic E-state index is 5.08. The molecule has 0 atom stereocenters. The number of hydrogen-bond acceptors (Lipinski definition) is 5. The molecule has 6 heteroatoms. The number of pyridine rings is 3. The van der Waals surface area contributed by atoms with E-state index in [9.17, 15) is 0 Å². The van der Waals surface area contributed by atoms with Crippen LogP contribution in [0, 0.1) is 166 Å². The maximum Gasteiger partial charge on any atom is 0.101 e. The predicted octanol–water partition coefficient (Wildman–Crippen LogP) is 29.5. The summed E-state index contributed by atoms with van der Waals surface area (Å²) in [5.74, 6) is 1.97. The fourth-order valence-electron chi connectivity index (χ4n) is 10.4. The first-order valence-corrected chi connectivity index (χ1v) is 40.7. The molecule has 0 unspecified atom stereocenters. The van der Waals surface area contributed by atoms with Gasteiger partial charge in [-0.25, -0.2) is 0 Å². The number of thiophene rings is 1. The average molecular weight is 1550 g/mol. The van der Waals surface area contributed by atoms with Crippen LogP contribution in [0.25, 0.3) is 33.4 Å². The first kappa shape index (κ1) is 92.8. The smallest absolute Gasteiger partial charge is 0.101 e. The zero-order chi connectivity index (χ0) is 81.6. The normalized spacial score (nSPS) is 9.62. The van der Waals surface area contributed by atoms with Crippen molar-refractivity contribution < 1.29 is 4.42 Å². The minimum absolute atomic E-state index is 0.708. The summed E-state index contributed by atoms with van der Waals surface area (Å²) < 4.78 is 8.18. The predicted molar refractivity (Wildman–Crippen MR) is 488 cm³/mol. The third kappa shape index (κ3) is 42.3. The summed E-state index contributed by atoms with van der Waals surface area (Å²) in [6, 6.07) is 104. The van der Waals surface area contributed by atoms with Crippen molar-refractivity contribution in [1.82, 2.24) is 15.0 Å². The van der Waals surface area contributed by atoms with Crippen LogP contribution in [0.1, 0.15) is 131 Å². The van der Waals surface area contributed by atoms with Gasteiger partial charge < -0.3 is 4.42 Å². The Hall–Kier alpha value is -10.6. The molecule has 576 valence electrons. The van der Waals surface area contributed by atoms with Crippen molar-refractivity contribution in [2.75, 3.05) is 0 Å². The summed E-state index contributed by atoms with van der Waals surface area (Å²) in [7, 11) is 0. The van der Waals surface area contributed by atoms with E-state index in [1.807, 2.05) is 115 Å². The maximum absolute atomic E-state index is 5.08. The number of benzene rings is 9. The number of hydrogen-bond donors (Lipinski definition) is 0. The fourth-order valence-corrected chi connectivity index (χ4v) is 12.8. The average Bonchev–Trinajstić information content (AvgIpc) is 1.86. The van der Waals surface area contributed by atoms with E-state index in [0.29, 0.717) is 14.5 Å². The van der Waals surface area contributed by atoms with Gasteiger partial charge in [-0.3, -0.25) is 15.0 Å². The van der Waals surface area contributed by atoms with Gasteiger partial charge in [0.05, 0.1) is 0 Å². The minimum Gasteiger partial charge on any atom is -0.467 e. The molecule has 0 bridgehead atoms. The number of aryl methyl sites for hydroxylation is 24. The molecule has 0 spiro atoms. The van der Waals surface area contributed by atoms with Crippen LogP contribution in [0.2, 0.25) is 0 Å². The van der Waals surface area contributed by atoms with Gasteiger partial charge in [-0.15, -0.1) is 11.3 Å². The van der Waals surface area contributed by atoms with Crippen LogP contribution in [-0.2, 0) is 0 Å². The van der Waals surface area contributed by atoms with Crippen LogP contribution >= 0.6 is 11.3 Å². The van der Waals surface area contributed by atoms with Gasteiger partial charge in [0.15, 0.2) is 0 Å². The number of nitrogens with zero attached hydrogens (tertiary/aromatic N) is 3. The third-order valence-electron chi connectivity index (χ3n) is 16.8. The first-order chi connectivity index (χ1) is 52.9. The second kappa shape index (κ2) is 51.7. The summed E-state index contributed by atoms with van der Waals surface area (Å²) in [5.41, 5.74) is 30.5. The summed E-state index contributed by atoms with van der Waals surface area (Å²) in [6.45, 7) is 49.9. The Morgan fingerprint density at radius 1 is 0.225 bits per heavy atom. The molecule has 0 aliphatic carbocycles. The van der Waals surface area contributed by atoms with Crippen molar-refractivity contribution in [3.05, 3.63) is 440 Å². The Bertz CT molecular complexity index is 4530. The van der Waals surface area contributed by atoms with Crippen molar-refractivity contribution in [2.24, 2.45) is 0 Å². The molecule has 0 N–H and O–H groups in total. The molecule has 9 aromatic carbocycles. The Labute approximate surface area is 680 Å². The van der Waals surface area contributed by atoms with Crippen LogP contribution in [0.4, 0.5) is 0 Å². The molecule has 0 saturated heterocycles. The summed E-state index contributed by atoms with van der Waals surface area (Å²) in [4.78, 5) is 15.1. The fraction of sp³-hybridized carbons (Fsp3) is 0.229. The van der Waals surface area contributed by atoms with E-state index < -0.39 is 0 Å². The molecule has 0 radical (unpaired) electrons. The second-order valence-electron chi connectivity index (χ2n) is 28.4. The molecular weight excluding hydrogens is 1430 g/mol. The molecule has 111 heavy (non-hydrogen) atoms. The van der Waals surface area contributed by atoms with Crippen molar-refractivity contribution in [2.45, 2.75) is 166 Å². The Kier molecular flexibility index (Phi) is 43.3. The molecule has 4 nitrogen and oxygen atoms in total. The van der Waals surface area contributed by atoms with Gasteiger partial charge in [0.2, 0.25) is 0 Å². The first-order valence-electron chi connectivity index (χ1n) is 38.2. The Balaban J connectivity index is 0.000000258. The minimum atomic E-state index is 0.708. The largest absolute Gasteiger partial charge is 0.467 e. The molecule has 6 heterocycles. The van der Waals surface area contributed by atoms with E-state index >= 15 is 0 Å². The molecule has 0 aliphatic heterocycles. The van der Waals surface area contributed by atoms with E-state index in [0.717, 1.165) is 34.3 Å². The Morgan fingerprint density at radius 3 is 0.784 bits per heavy atom. The van der Waals surface area contributed by atoms with Crippen molar-refractivity contribution in [3.8, 4) is 33.4 Å². The van der Waals surface area contributed by atoms with E-state index in [2.05, 4.69) is 387 Å². The molecular formula is C105H123N3OSSe. The third-order valence-corrected chi connectivity index (χ3v) is 19.6. The molecule has 6 aromatic heterocycles.